The van der Waals surface area contributed by atoms with Crippen molar-refractivity contribution in [2.75, 3.05) is 44.3 Å². The Hall–Kier alpha value is -3.14. The number of halogens is 3. The Bertz CT molecular complexity index is 1700. The van der Waals surface area contributed by atoms with Crippen molar-refractivity contribution < 1.29 is 18.3 Å². The molecule has 6 heterocycles. The lowest BCUT2D eigenvalue weighted by molar-refractivity contribution is -0.151. The normalized spacial score (nSPS) is 27.6. The van der Waals surface area contributed by atoms with E-state index in [1.165, 1.54) is 0 Å². The number of rotatable bonds is 5. The van der Waals surface area contributed by atoms with Gasteiger partial charge in [-0.25, -0.2) is 8.78 Å². The lowest BCUT2D eigenvalue weighted by atomic mass is 9.86. The van der Waals surface area contributed by atoms with E-state index >= 15 is 4.39 Å². The number of aromatic nitrogens is 3. The number of alkyl halides is 1. The third-order valence-corrected chi connectivity index (χ3v) is 9.98. The highest BCUT2D eigenvalue weighted by Crippen LogP contribution is 2.42. The molecule has 0 radical (unpaired) electrons. The summed E-state index contributed by atoms with van der Waals surface area (Å²) in [4.78, 5) is 18.4. The van der Waals surface area contributed by atoms with Crippen LogP contribution in [-0.2, 0) is 4.74 Å². The maximum absolute atomic E-state index is 16.6. The highest BCUT2D eigenvalue weighted by Gasteiger charge is 2.49. The maximum Gasteiger partial charge on any atom is 0.319 e. The summed E-state index contributed by atoms with van der Waals surface area (Å²) in [7, 11) is 0. The molecule has 42 heavy (non-hydrogen) atoms. The largest absolute Gasteiger partial charge is 0.461 e. The second-order valence-corrected chi connectivity index (χ2v) is 12.8. The molecule has 8 rings (SSSR count). The van der Waals surface area contributed by atoms with Crippen molar-refractivity contribution in [3.8, 4) is 17.3 Å². The zero-order chi connectivity index (χ0) is 28.5. The van der Waals surface area contributed by atoms with Gasteiger partial charge in [-0.05, 0) is 55.1 Å². The Kier molecular flexibility index (Phi) is 6.28. The molecule has 4 aliphatic heterocycles. The molecule has 0 amide bonds. The van der Waals surface area contributed by atoms with Gasteiger partial charge in [0.1, 0.15) is 29.8 Å². The van der Waals surface area contributed by atoms with Gasteiger partial charge in [-0.2, -0.15) is 9.97 Å². The van der Waals surface area contributed by atoms with E-state index in [9.17, 15) is 4.39 Å². The standard InChI is InChI=1S/C32H32ClF2N5O2/c33-21-13-20-5-1-2-6-23(20)24(14-21)27-26(35)28-25(16-36-27)29(39-10-4-8-32(18-39)9-12-42-32)38-30(37-28)41-19-31-7-3-11-40(31)17-22(34)15-31/h1-2,5-6,13-14,16,22H,3-4,7-12,15,17-19H2/t22-,31?,32?/m1/s1. The van der Waals surface area contributed by atoms with Crippen LogP contribution in [0.25, 0.3) is 32.9 Å². The summed E-state index contributed by atoms with van der Waals surface area (Å²) < 4.78 is 43.3. The van der Waals surface area contributed by atoms with Crippen molar-refractivity contribution in [3.05, 3.63) is 53.4 Å². The van der Waals surface area contributed by atoms with Gasteiger partial charge in [-0.3, -0.25) is 9.88 Å². The highest BCUT2D eigenvalue weighted by atomic mass is 35.5. The van der Waals surface area contributed by atoms with Crippen LogP contribution in [0.1, 0.15) is 38.5 Å². The first-order valence-corrected chi connectivity index (χ1v) is 15.3. The SMILES string of the molecule is Fc1c(-c2cc(Cl)cc3ccccc23)ncc2c(N3CCCC4(CCO4)C3)nc(OCC34CCCN3C[C@H](F)C4)nc12. The molecule has 10 heteroatoms. The first kappa shape index (κ1) is 26.5. The number of ether oxygens (including phenoxy) is 2. The summed E-state index contributed by atoms with van der Waals surface area (Å²) in [6, 6.07) is 11.4. The summed E-state index contributed by atoms with van der Waals surface area (Å²) in [6.45, 7) is 3.75. The molecule has 4 fully saturated rings. The topological polar surface area (TPSA) is 63.6 Å². The Balaban J connectivity index is 1.24. The van der Waals surface area contributed by atoms with Crippen molar-refractivity contribution in [1.82, 2.24) is 19.9 Å². The Morgan fingerprint density at radius 1 is 1.07 bits per heavy atom. The number of piperidine rings is 1. The molecule has 0 saturated carbocycles. The predicted molar refractivity (Wildman–Crippen MR) is 159 cm³/mol. The van der Waals surface area contributed by atoms with Gasteiger partial charge in [-0.1, -0.05) is 35.9 Å². The van der Waals surface area contributed by atoms with E-state index in [0.29, 0.717) is 41.3 Å². The summed E-state index contributed by atoms with van der Waals surface area (Å²) in [5.41, 5.74) is 0.361. The number of benzene rings is 2. The average molecular weight is 592 g/mol. The van der Waals surface area contributed by atoms with Gasteiger partial charge in [0, 0.05) is 49.3 Å². The minimum atomic E-state index is -0.868. The molecule has 7 nitrogen and oxygen atoms in total. The number of anilines is 1. The number of hydrogen-bond donors (Lipinski definition) is 0. The van der Waals surface area contributed by atoms with E-state index in [2.05, 4.69) is 19.8 Å². The minimum Gasteiger partial charge on any atom is -0.461 e. The molecule has 0 N–H and O–H groups in total. The van der Waals surface area contributed by atoms with Gasteiger partial charge in [0.25, 0.3) is 0 Å². The van der Waals surface area contributed by atoms with Gasteiger partial charge in [0.2, 0.25) is 0 Å². The van der Waals surface area contributed by atoms with Crippen molar-refractivity contribution >= 4 is 39.1 Å². The molecule has 1 spiro atoms. The quantitative estimate of drug-likeness (QED) is 0.268. The fraction of sp³-hybridized carbons (Fsp3) is 0.469. The van der Waals surface area contributed by atoms with Crippen LogP contribution in [0.3, 0.4) is 0 Å². The zero-order valence-corrected chi connectivity index (χ0v) is 24.0. The Morgan fingerprint density at radius 3 is 2.79 bits per heavy atom. The summed E-state index contributed by atoms with van der Waals surface area (Å²) in [5.74, 6) is 0.0411. The molecule has 4 aromatic rings. The van der Waals surface area contributed by atoms with Crippen molar-refractivity contribution in [1.29, 1.82) is 0 Å². The lowest BCUT2D eigenvalue weighted by Crippen LogP contribution is -2.56. The number of nitrogens with zero attached hydrogens (tertiary/aromatic N) is 5. The average Bonchev–Trinajstić information content (AvgIpc) is 3.50. The van der Waals surface area contributed by atoms with Gasteiger partial charge in [0.05, 0.1) is 23.1 Å². The third-order valence-electron chi connectivity index (χ3n) is 9.76. The van der Waals surface area contributed by atoms with Crippen LogP contribution in [-0.4, -0.2) is 76.6 Å². The third kappa shape index (κ3) is 4.31. The molecular formula is C32H32ClF2N5O2. The van der Waals surface area contributed by atoms with E-state index in [0.717, 1.165) is 62.6 Å². The van der Waals surface area contributed by atoms with Crippen molar-refractivity contribution in [3.63, 3.8) is 0 Å². The molecule has 3 atom stereocenters. The first-order valence-electron chi connectivity index (χ1n) is 14.9. The maximum atomic E-state index is 16.6. The number of pyridine rings is 1. The predicted octanol–water partition coefficient (Wildman–Crippen LogP) is 6.35. The second kappa shape index (κ2) is 9.96. The van der Waals surface area contributed by atoms with Crippen LogP contribution in [0, 0.1) is 5.82 Å². The monoisotopic (exact) mass is 591 g/mol. The minimum absolute atomic E-state index is 0.0992. The number of hydrogen-bond acceptors (Lipinski definition) is 7. The van der Waals surface area contributed by atoms with Crippen LogP contribution in [0.5, 0.6) is 6.01 Å². The summed E-state index contributed by atoms with van der Waals surface area (Å²) >= 11 is 6.45. The number of fused-ring (bicyclic) bond motifs is 3. The smallest absolute Gasteiger partial charge is 0.319 e. The van der Waals surface area contributed by atoms with E-state index in [4.69, 9.17) is 26.1 Å². The Labute approximate surface area is 247 Å². The molecule has 0 aliphatic carbocycles. The van der Waals surface area contributed by atoms with Crippen LogP contribution in [0.15, 0.2) is 42.6 Å². The Morgan fingerprint density at radius 2 is 1.93 bits per heavy atom. The van der Waals surface area contributed by atoms with Crippen LogP contribution in [0.4, 0.5) is 14.6 Å². The molecule has 0 bridgehead atoms. The van der Waals surface area contributed by atoms with Gasteiger partial charge >= 0.3 is 6.01 Å². The fourth-order valence-electron chi connectivity index (χ4n) is 7.62. The van der Waals surface area contributed by atoms with Gasteiger partial charge < -0.3 is 14.4 Å². The molecule has 2 unspecified atom stereocenters. The fourth-order valence-corrected chi connectivity index (χ4v) is 7.85. The van der Waals surface area contributed by atoms with Crippen LogP contribution < -0.4 is 9.64 Å². The van der Waals surface area contributed by atoms with Crippen molar-refractivity contribution in [2.45, 2.75) is 55.8 Å². The van der Waals surface area contributed by atoms with Gasteiger partial charge in [-0.15, -0.1) is 0 Å². The molecule has 4 saturated heterocycles. The molecule has 218 valence electrons. The highest BCUT2D eigenvalue weighted by molar-refractivity contribution is 6.32. The molecular weight excluding hydrogens is 560 g/mol. The summed E-state index contributed by atoms with van der Waals surface area (Å²) in [5, 5.41) is 2.77. The molecule has 4 aliphatic rings. The molecule has 2 aromatic carbocycles. The molecule has 2 aromatic heterocycles. The van der Waals surface area contributed by atoms with Crippen molar-refractivity contribution in [2.24, 2.45) is 0 Å². The summed E-state index contributed by atoms with van der Waals surface area (Å²) in [6.07, 6.45) is 6.04. The van der Waals surface area contributed by atoms with Crippen LogP contribution >= 0.6 is 11.6 Å². The van der Waals surface area contributed by atoms with E-state index in [1.54, 1.807) is 12.3 Å². The lowest BCUT2D eigenvalue weighted by Gasteiger charge is -2.48. The van der Waals surface area contributed by atoms with Crippen LogP contribution in [0.2, 0.25) is 5.02 Å². The van der Waals surface area contributed by atoms with E-state index in [1.807, 2.05) is 30.3 Å². The van der Waals surface area contributed by atoms with E-state index < -0.39 is 12.0 Å². The zero-order valence-electron chi connectivity index (χ0n) is 23.3. The van der Waals surface area contributed by atoms with Gasteiger partial charge in [0.15, 0.2) is 5.82 Å². The van der Waals surface area contributed by atoms with E-state index in [-0.39, 0.29) is 35.0 Å². The first-order chi connectivity index (χ1) is 20.4. The second-order valence-electron chi connectivity index (χ2n) is 12.4.